The van der Waals surface area contributed by atoms with E-state index in [0.29, 0.717) is 11.1 Å². The van der Waals surface area contributed by atoms with Crippen LogP contribution in [0.4, 0.5) is 18.9 Å². The molecule has 42 heavy (non-hydrogen) atoms. The monoisotopic (exact) mass is 612 g/mol. The quantitative estimate of drug-likeness (QED) is 0.106. The van der Waals surface area contributed by atoms with E-state index in [0.717, 1.165) is 16.8 Å². The number of ether oxygens (including phenoxy) is 1. The SMILES string of the molecule is O=c1c2ccccc2nc(-c2cccc(C(F)(F)F)c2)n1N=Cc1cc(Cl)c(OCc2cccc([N+](=O)[O-])c2)c(Cl)c1. The fraction of sp³-hybridized carbons (Fsp3) is 0.0690. The third-order valence-electron chi connectivity index (χ3n) is 6.05. The molecular formula is C29H17Cl2F3N4O4. The van der Waals surface area contributed by atoms with Gasteiger partial charge in [0.25, 0.3) is 11.2 Å². The number of hydrogen-bond donors (Lipinski definition) is 0. The lowest BCUT2D eigenvalue weighted by molar-refractivity contribution is -0.384. The molecule has 5 aromatic rings. The highest BCUT2D eigenvalue weighted by molar-refractivity contribution is 6.37. The Balaban J connectivity index is 1.50. The first-order valence-corrected chi connectivity index (χ1v) is 12.9. The van der Waals surface area contributed by atoms with Crippen LogP contribution in [-0.2, 0) is 12.8 Å². The van der Waals surface area contributed by atoms with Gasteiger partial charge in [0.2, 0.25) is 0 Å². The molecule has 0 fully saturated rings. The van der Waals surface area contributed by atoms with E-state index in [-0.39, 0.29) is 50.4 Å². The highest BCUT2D eigenvalue weighted by Crippen LogP contribution is 2.35. The predicted molar refractivity (Wildman–Crippen MR) is 153 cm³/mol. The summed E-state index contributed by atoms with van der Waals surface area (Å²) in [6.45, 7) is -0.0486. The molecule has 0 N–H and O–H groups in total. The van der Waals surface area contributed by atoms with Crippen LogP contribution in [0.15, 0.2) is 94.8 Å². The molecule has 0 unspecified atom stereocenters. The number of nitrogens with zero attached hydrogens (tertiary/aromatic N) is 4. The topological polar surface area (TPSA) is 99.6 Å². The summed E-state index contributed by atoms with van der Waals surface area (Å²) in [4.78, 5) is 28.3. The number of nitro groups is 1. The molecule has 0 bridgehead atoms. The van der Waals surface area contributed by atoms with Crippen LogP contribution in [0.2, 0.25) is 10.0 Å². The van der Waals surface area contributed by atoms with E-state index in [1.165, 1.54) is 54.7 Å². The molecule has 1 heterocycles. The highest BCUT2D eigenvalue weighted by atomic mass is 35.5. The molecule has 0 radical (unpaired) electrons. The molecule has 212 valence electrons. The normalized spacial score (nSPS) is 11.7. The second-order valence-electron chi connectivity index (χ2n) is 8.92. The minimum atomic E-state index is -4.60. The summed E-state index contributed by atoms with van der Waals surface area (Å²) < 4.78 is 46.9. The van der Waals surface area contributed by atoms with E-state index in [9.17, 15) is 28.1 Å². The van der Waals surface area contributed by atoms with Crippen molar-refractivity contribution >= 4 is 46.0 Å². The molecule has 0 saturated heterocycles. The van der Waals surface area contributed by atoms with Gasteiger partial charge in [-0.15, -0.1) is 0 Å². The summed E-state index contributed by atoms with van der Waals surface area (Å²) in [5.41, 5.74) is -0.406. The molecule has 1 aromatic heterocycles. The van der Waals surface area contributed by atoms with Crippen LogP contribution in [0.3, 0.4) is 0 Å². The zero-order chi connectivity index (χ0) is 30.0. The number of para-hydroxylation sites is 1. The predicted octanol–water partition coefficient (Wildman–Crippen LogP) is 7.76. The van der Waals surface area contributed by atoms with Gasteiger partial charge in [0.05, 0.1) is 37.6 Å². The van der Waals surface area contributed by atoms with Crippen molar-refractivity contribution in [1.29, 1.82) is 0 Å². The van der Waals surface area contributed by atoms with E-state index in [4.69, 9.17) is 27.9 Å². The van der Waals surface area contributed by atoms with Gasteiger partial charge in [-0.05, 0) is 47.5 Å². The summed E-state index contributed by atoms with van der Waals surface area (Å²) in [6.07, 6.45) is -3.34. The van der Waals surface area contributed by atoms with Crippen LogP contribution in [0.5, 0.6) is 5.75 Å². The molecule has 0 saturated carbocycles. The third-order valence-corrected chi connectivity index (χ3v) is 6.61. The van der Waals surface area contributed by atoms with E-state index in [1.54, 1.807) is 24.3 Å². The Morgan fingerprint density at radius 3 is 2.40 bits per heavy atom. The summed E-state index contributed by atoms with van der Waals surface area (Å²) in [5.74, 6) is 0.0198. The van der Waals surface area contributed by atoms with E-state index < -0.39 is 22.2 Å². The van der Waals surface area contributed by atoms with Crippen molar-refractivity contribution in [3.8, 4) is 17.1 Å². The van der Waals surface area contributed by atoms with Crippen LogP contribution in [0.25, 0.3) is 22.3 Å². The Bertz CT molecular complexity index is 1900. The lowest BCUT2D eigenvalue weighted by atomic mass is 10.1. The van der Waals surface area contributed by atoms with E-state index in [2.05, 4.69) is 10.1 Å². The number of aromatic nitrogens is 2. The number of fused-ring (bicyclic) bond motifs is 1. The molecule has 0 aliphatic rings. The Morgan fingerprint density at radius 1 is 0.976 bits per heavy atom. The molecule has 5 rings (SSSR count). The second kappa shape index (κ2) is 11.6. The molecule has 4 aromatic carbocycles. The van der Waals surface area contributed by atoms with Gasteiger partial charge in [-0.3, -0.25) is 14.9 Å². The molecule has 0 spiro atoms. The first-order valence-electron chi connectivity index (χ1n) is 12.1. The molecule has 0 aliphatic carbocycles. The Labute approximate surface area is 245 Å². The van der Waals surface area contributed by atoms with Crippen molar-refractivity contribution in [3.05, 3.63) is 132 Å². The number of non-ortho nitro benzene ring substituents is 1. The number of benzene rings is 4. The third kappa shape index (κ3) is 6.12. The maximum atomic E-state index is 13.4. The van der Waals surface area contributed by atoms with E-state index in [1.807, 2.05) is 0 Å². The molecule has 8 nitrogen and oxygen atoms in total. The molecule has 13 heteroatoms. The summed E-state index contributed by atoms with van der Waals surface area (Å²) in [5, 5.41) is 15.7. The fourth-order valence-corrected chi connectivity index (χ4v) is 4.70. The van der Waals surface area contributed by atoms with Crippen molar-refractivity contribution < 1.29 is 22.8 Å². The van der Waals surface area contributed by atoms with Crippen LogP contribution in [-0.4, -0.2) is 20.8 Å². The van der Waals surface area contributed by atoms with Gasteiger partial charge in [-0.25, -0.2) is 4.98 Å². The summed E-state index contributed by atoms with van der Waals surface area (Å²) in [6, 6.07) is 19.6. The van der Waals surface area contributed by atoms with Crippen molar-refractivity contribution in [2.24, 2.45) is 5.10 Å². The smallest absolute Gasteiger partial charge is 0.416 e. The van der Waals surface area contributed by atoms with E-state index >= 15 is 0 Å². The van der Waals surface area contributed by atoms with Gasteiger partial charge in [0, 0.05) is 17.7 Å². The fourth-order valence-electron chi connectivity index (χ4n) is 4.08. The number of nitro benzene ring substituents is 1. The maximum absolute atomic E-state index is 13.4. The van der Waals surface area contributed by atoms with Gasteiger partial charge in [-0.2, -0.15) is 22.9 Å². The first kappa shape index (κ1) is 28.8. The lowest BCUT2D eigenvalue weighted by Gasteiger charge is -2.12. The second-order valence-corrected chi connectivity index (χ2v) is 9.74. The van der Waals surface area contributed by atoms with Gasteiger partial charge < -0.3 is 4.74 Å². The van der Waals surface area contributed by atoms with Crippen LogP contribution < -0.4 is 10.3 Å². The lowest BCUT2D eigenvalue weighted by Crippen LogP contribution is -2.20. The largest absolute Gasteiger partial charge is 0.486 e. The van der Waals surface area contributed by atoms with Gasteiger partial charge in [-0.1, -0.05) is 59.6 Å². The zero-order valence-electron chi connectivity index (χ0n) is 21.2. The molecular weight excluding hydrogens is 596 g/mol. The highest BCUT2D eigenvalue weighted by Gasteiger charge is 2.31. The van der Waals surface area contributed by atoms with Crippen LogP contribution >= 0.6 is 23.2 Å². The molecule has 0 atom stereocenters. The maximum Gasteiger partial charge on any atom is 0.416 e. The van der Waals surface area contributed by atoms with Gasteiger partial charge in [0.1, 0.15) is 6.61 Å². The number of alkyl halides is 3. The summed E-state index contributed by atoms with van der Waals surface area (Å²) >= 11 is 12.8. The minimum absolute atomic E-state index is 0.0331. The average Bonchev–Trinajstić information content (AvgIpc) is 2.96. The molecule has 0 aliphatic heterocycles. The van der Waals surface area contributed by atoms with Gasteiger partial charge >= 0.3 is 6.18 Å². The van der Waals surface area contributed by atoms with Crippen LogP contribution in [0, 0.1) is 10.1 Å². The molecule has 0 amide bonds. The van der Waals surface area contributed by atoms with Crippen molar-refractivity contribution in [2.45, 2.75) is 12.8 Å². The number of rotatable bonds is 7. The Hall–Kier alpha value is -4.74. The summed E-state index contributed by atoms with van der Waals surface area (Å²) in [7, 11) is 0. The minimum Gasteiger partial charge on any atom is -0.486 e. The number of hydrogen-bond acceptors (Lipinski definition) is 6. The van der Waals surface area contributed by atoms with Crippen molar-refractivity contribution in [3.63, 3.8) is 0 Å². The van der Waals surface area contributed by atoms with Crippen LogP contribution in [0.1, 0.15) is 16.7 Å². The van der Waals surface area contributed by atoms with Gasteiger partial charge in [0.15, 0.2) is 11.6 Å². The Morgan fingerprint density at radius 2 is 1.69 bits per heavy atom. The standard InChI is InChI=1S/C29H17Cl2F3N4O4/c30-23-12-18(13-24(31)26(23)42-16-17-5-3-8-21(11-17)38(40)41)15-35-37-27(19-6-4-7-20(14-19)29(32,33)34)36-25-10-2-1-9-22(25)28(37)39/h1-15H,16H2. The Kier molecular flexibility index (Phi) is 7.97. The van der Waals surface area contributed by atoms with Crippen molar-refractivity contribution in [2.75, 3.05) is 0 Å². The zero-order valence-corrected chi connectivity index (χ0v) is 22.7. The first-order chi connectivity index (χ1) is 20.0. The average molecular weight is 613 g/mol. The number of halogens is 5. The van der Waals surface area contributed by atoms with Crippen molar-refractivity contribution in [1.82, 2.24) is 9.66 Å².